The predicted octanol–water partition coefficient (Wildman–Crippen LogP) is 0.881. The molecule has 7 nitrogen and oxygen atoms in total. The summed E-state index contributed by atoms with van der Waals surface area (Å²) in [4.78, 5) is 33.8. The number of carboxylic acid groups (broad SMARTS) is 1. The van der Waals surface area contributed by atoms with Crippen LogP contribution in [0.25, 0.3) is 0 Å². The van der Waals surface area contributed by atoms with Crippen LogP contribution in [0.15, 0.2) is 0 Å². The zero-order chi connectivity index (χ0) is 15.1. The summed E-state index contributed by atoms with van der Waals surface area (Å²) >= 11 is 0. The van der Waals surface area contributed by atoms with Crippen LogP contribution in [0, 0.1) is 5.92 Å². The highest BCUT2D eigenvalue weighted by molar-refractivity contribution is 5.86. The first-order valence-electron chi connectivity index (χ1n) is 6.79. The predicted molar refractivity (Wildman–Crippen MR) is 71.1 cm³/mol. The second kappa shape index (κ2) is 7.72. The SMILES string of the molecule is COC(=O)C[C@H](NC(=O)NC1CCC(C)CC1)C(=O)O. The highest BCUT2D eigenvalue weighted by Crippen LogP contribution is 2.23. The maximum Gasteiger partial charge on any atom is 0.326 e. The van der Waals surface area contributed by atoms with Crippen LogP contribution in [0.4, 0.5) is 4.79 Å². The highest BCUT2D eigenvalue weighted by Gasteiger charge is 2.25. The van der Waals surface area contributed by atoms with E-state index in [2.05, 4.69) is 22.3 Å². The number of rotatable bonds is 5. The number of esters is 1. The summed E-state index contributed by atoms with van der Waals surface area (Å²) in [6, 6.07) is -1.76. The number of urea groups is 1. The summed E-state index contributed by atoms with van der Waals surface area (Å²) in [5, 5.41) is 14.0. The van der Waals surface area contributed by atoms with Crippen molar-refractivity contribution in [2.24, 2.45) is 5.92 Å². The molecule has 0 bridgehead atoms. The Morgan fingerprint density at radius 2 is 1.85 bits per heavy atom. The van der Waals surface area contributed by atoms with Crippen LogP contribution in [0.3, 0.4) is 0 Å². The number of hydrogen-bond donors (Lipinski definition) is 3. The second-order valence-electron chi connectivity index (χ2n) is 5.25. The molecule has 0 aromatic rings. The Morgan fingerprint density at radius 1 is 1.25 bits per heavy atom. The van der Waals surface area contributed by atoms with Gasteiger partial charge in [0.25, 0.3) is 0 Å². The van der Waals surface area contributed by atoms with E-state index < -0.39 is 24.0 Å². The molecule has 1 saturated carbocycles. The third-order valence-electron chi connectivity index (χ3n) is 3.55. The van der Waals surface area contributed by atoms with E-state index in [1.807, 2.05) is 0 Å². The van der Waals surface area contributed by atoms with Crippen molar-refractivity contribution >= 4 is 18.0 Å². The minimum absolute atomic E-state index is 0.0683. The van der Waals surface area contributed by atoms with Crippen molar-refractivity contribution in [1.82, 2.24) is 10.6 Å². The first kappa shape index (κ1) is 16.3. The number of carboxylic acids is 1. The van der Waals surface area contributed by atoms with E-state index in [-0.39, 0.29) is 12.5 Å². The van der Waals surface area contributed by atoms with Crippen LogP contribution in [0.5, 0.6) is 0 Å². The molecule has 0 unspecified atom stereocenters. The van der Waals surface area contributed by atoms with Crippen molar-refractivity contribution < 1.29 is 24.2 Å². The van der Waals surface area contributed by atoms with Gasteiger partial charge in [-0.05, 0) is 31.6 Å². The number of methoxy groups -OCH3 is 1. The Morgan fingerprint density at radius 3 is 2.35 bits per heavy atom. The van der Waals surface area contributed by atoms with Crippen LogP contribution >= 0.6 is 0 Å². The van der Waals surface area contributed by atoms with Gasteiger partial charge in [-0.3, -0.25) is 4.79 Å². The molecule has 1 fully saturated rings. The fraction of sp³-hybridized carbons (Fsp3) is 0.769. The maximum atomic E-state index is 11.7. The molecule has 3 N–H and O–H groups in total. The van der Waals surface area contributed by atoms with Crippen LogP contribution in [-0.2, 0) is 14.3 Å². The summed E-state index contributed by atoms with van der Waals surface area (Å²) in [5.74, 6) is -1.27. The summed E-state index contributed by atoms with van der Waals surface area (Å²) in [6.07, 6.45) is 3.50. The van der Waals surface area contributed by atoms with Gasteiger partial charge in [0, 0.05) is 6.04 Å². The Labute approximate surface area is 118 Å². The largest absolute Gasteiger partial charge is 0.480 e. The molecule has 0 aromatic carbocycles. The van der Waals surface area contributed by atoms with Gasteiger partial charge in [0.1, 0.15) is 6.04 Å². The zero-order valence-corrected chi connectivity index (χ0v) is 11.8. The Kier molecular flexibility index (Phi) is 6.27. The van der Waals surface area contributed by atoms with E-state index in [4.69, 9.17) is 5.11 Å². The quantitative estimate of drug-likeness (QED) is 0.651. The number of amides is 2. The molecule has 114 valence electrons. The monoisotopic (exact) mass is 286 g/mol. The minimum atomic E-state index is -1.27. The molecule has 0 spiro atoms. The second-order valence-corrected chi connectivity index (χ2v) is 5.25. The smallest absolute Gasteiger partial charge is 0.326 e. The van der Waals surface area contributed by atoms with Gasteiger partial charge in [-0.25, -0.2) is 9.59 Å². The molecule has 1 aliphatic rings. The molecule has 0 aliphatic heterocycles. The first-order valence-corrected chi connectivity index (χ1v) is 6.79. The van der Waals surface area contributed by atoms with E-state index in [0.717, 1.165) is 25.7 Å². The van der Waals surface area contributed by atoms with E-state index in [9.17, 15) is 14.4 Å². The normalized spacial score (nSPS) is 23.5. The molecule has 0 aromatic heterocycles. The van der Waals surface area contributed by atoms with E-state index in [1.165, 1.54) is 7.11 Å². The number of nitrogens with one attached hydrogen (secondary N) is 2. The Bertz CT molecular complexity index is 364. The lowest BCUT2D eigenvalue weighted by Crippen LogP contribution is -2.50. The first-order chi connectivity index (χ1) is 9.42. The zero-order valence-electron chi connectivity index (χ0n) is 11.8. The Hall–Kier alpha value is -1.79. The van der Waals surface area contributed by atoms with E-state index >= 15 is 0 Å². The number of hydrogen-bond acceptors (Lipinski definition) is 4. The summed E-state index contributed by atoms with van der Waals surface area (Å²) in [7, 11) is 1.17. The van der Waals surface area contributed by atoms with Crippen molar-refractivity contribution in [2.75, 3.05) is 7.11 Å². The van der Waals surface area contributed by atoms with Gasteiger partial charge in [0.2, 0.25) is 0 Å². The van der Waals surface area contributed by atoms with Gasteiger partial charge in [-0.2, -0.15) is 0 Å². The van der Waals surface area contributed by atoms with E-state index in [0.29, 0.717) is 5.92 Å². The van der Waals surface area contributed by atoms with Crippen molar-refractivity contribution in [3.8, 4) is 0 Å². The van der Waals surface area contributed by atoms with Crippen LogP contribution in [0.2, 0.25) is 0 Å². The molecular weight excluding hydrogens is 264 g/mol. The number of carbonyl (C=O) groups excluding carboxylic acids is 2. The highest BCUT2D eigenvalue weighted by atomic mass is 16.5. The number of aliphatic carboxylic acids is 1. The summed E-state index contributed by atoms with van der Waals surface area (Å²) in [5.41, 5.74) is 0. The summed E-state index contributed by atoms with van der Waals surface area (Å²) < 4.78 is 4.40. The van der Waals surface area contributed by atoms with Crippen LogP contribution in [-0.4, -0.2) is 42.3 Å². The minimum Gasteiger partial charge on any atom is -0.480 e. The average molecular weight is 286 g/mol. The number of carbonyl (C=O) groups is 3. The van der Waals surface area contributed by atoms with Gasteiger partial charge < -0.3 is 20.5 Å². The van der Waals surface area contributed by atoms with Gasteiger partial charge in [0.15, 0.2) is 0 Å². The average Bonchev–Trinajstić information content (AvgIpc) is 2.40. The molecule has 0 radical (unpaired) electrons. The molecule has 0 saturated heterocycles. The molecule has 20 heavy (non-hydrogen) atoms. The van der Waals surface area contributed by atoms with Crippen LogP contribution in [0.1, 0.15) is 39.0 Å². The molecule has 1 rings (SSSR count). The van der Waals surface area contributed by atoms with Gasteiger partial charge >= 0.3 is 18.0 Å². The lowest BCUT2D eigenvalue weighted by atomic mass is 9.87. The molecule has 0 heterocycles. The van der Waals surface area contributed by atoms with Gasteiger partial charge in [0.05, 0.1) is 13.5 Å². The Balaban J connectivity index is 2.41. The molecule has 1 aliphatic carbocycles. The molecular formula is C13H22N2O5. The molecule has 1 atom stereocenters. The van der Waals surface area contributed by atoms with Crippen LogP contribution < -0.4 is 10.6 Å². The van der Waals surface area contributed by atoms with E-state index in [1.54, 1.807) is 0 Å². The fourth-order valence-electron chi connectivity index (χ4n) is 2.24. The number of ether oxygens (including phenoxy) is 1. The van der Waals surface area contributed by atoms with Crippen molar-refractivity contribution in [3.63, 3.8) is 0 Å². The summed E-state index contributed by atoms with van der Waals surface area (Å²) in [6.45, 7) is 2.17. The third kappa shape index (κ3) is 5.46. The molecule has 7 heteroatoms. The standard InChI is InChI=1S/C13H22N2O5/c1-8-3-5-9(6-4-8)14-13(19)15-10(12(17)18)7-11(16)20-2/h8-10H,3-7H2,1-2H3,(H,17,18)(H2,14,15,19)/t8?,9?,10-/m0/s1. The maximum absolute atomic E-state index is 11.7. The van der Waals surface area contributed by atoms with Crippen molar-refractivity contribution in [1.29, 1.82) is 0 Å². The third-order valence-corrected chi connectivity index (χ3v) is 3.55. The lowest BCUT2D eigenvalue weighted by Gasteiger charge is -2.27. The lowest BCUT2D eigenvalue weighted by molar-refractivity contribution is -0.147. The van der Waals surface area contributed by atoms with Gasteiger partial charge in [-0.1, -0.05) is 6.92 Å². The topological polar surface area (TPSA) is 105 Å². The van der Waals surface area contributed by atoms with Crippen molar-refractivity contribution in [2.45, 2.75) is 51.1 Å². The van der Waals surface area contributed by atoms with Crippen molar-refractivity contribution in [3.05, 3.63) is 0 Å². The fourth-order valence-corrected chi connectivity index (χ4v) is 2.24. The van der Waals surface area contributed by atoms with Gasteiger partial charge in [-0.15, -0.1) is 0 Å². The molecule has 2 amide bonds.